The second-order valence-electron chi connectivity index (χ2n) is 7.57. The van der Waals surface area contributed by atoms with Crippen molar-refractivity contribution in [3.8, 4) is 0 Å². The Labute approximate surface area is 179 Å². The summed E-state index contributed by atoms with van der Waals surface area (Å²) in [6.45, 7) is 23.5. The Hall–Kier alpha value is 0.324. The maximum Gasteiger partial charge on any atom is 0 e. The van der Waals surface area contributed by atoms with Gasteiger partial charge in [0.2, 0.25) is 0 Å². The SMILES string of the molecule is C=[C-]/C=C\C(=C)CC.CCC(C)CCC(C)C(C)CCC(C)C.[Y]. The van der Waals surface area contributed by atoms with Crippen LogP contribution in [0.5, 0.6) is 0 Å². The Morgan fingerprint density at radius 1 is 0.917 bits per heavy atom. The van der Waals surface area contributed by atoms with Crippen LogP contribution >= 0.6 is 0 Å². The fourth-order valence-corrected chi connectivity index (χ4v) is 2.21. The van der Waals surface area contributed by atoms with Crippen LogP contribution in [0.1, 0.15) is 87.0 Å². The van der Waals surface area contributed by atoms with E-state index < -0.39 is 0 Å². The van der Waals surface area contributed by atoms with Gasteiger partial charge < -0.3 is 0 Å². The molecule has 0 amide bonds. The first-order valence-electron chi connectivity index (χ1n) is 9.65. The molecule has 3 unspecified atom stereocenters. The molecule has 24 heavy (non-hydrogen) atoms. The summed E-state index contributed by atoms with van der Waals surface area (Å²) >= 11 is 0. The van der Waals surface area contributed by atoms with Crippen molar-refractivity contribution in [3.63, 3.8) is 0 Å². The molecule has 0 heterocycles. The van der Waals surface area contributed by atoms with E-state index in [2.05, 4.69) is 67.7 Å². The van der Waals surface area contributed by atoms with E-state index in [0.717, 1.165) is 35.7 Å². The summed E-state index contributed by atoms with van der Waals surface area (Å²) in [5, 5.41) is 0. The van der Waals surface area contributed by atoms with Crippen LogP contribution in [-0.2, 0) is 32.7 Å². The molecule has 3 atom stereocenters. The fraction of sp³-hybridized carbons (Fsp3) is 0.739. The summed E-state index contributed by atoms with van der Waals surface area (Å²) in [7, 11) is 0. The molecule has 0 saturated heterocycles. The molecule has 139 valence electrons. The molecule has 0 aliphatic carbocycles. The summed E-state index contributed by atoms with van der Waals surface area (Å²) in [6.07, 6.45) is 14.3. The largest absolute Gasteiger partial charge is 0.258 e. The minimum absolute atomic E-state index is 0. The second-order valence-corrected chi connectivity index (χ2v) is 7.57. The molecule has 0 nitrogen and oxygen atoms in total. The summed E-state index contributed by atoms with van der Waals surface area (Å²) in [4.78, 5) is 0. The van der Waals surface area contributed by atoms with Crippen molar-refractivity contribution in [2.24, 2.45) is 23.7 Å². The third kappa shape index (κ3) is 20.4. The molecule has 1 heteroatoms. The van der Waals surface area contributed by atoms with Crippen molar-refractivity contribution in [2.75, 3.05) is 0 Å². The molecule has 0 aliphatic heterocycles. The molecule has 0 rings (SSSR count). The Morgan fingerprint density at radius 3 is 1.79 bits per heavy atom. The summed E-state index contributed by atoms with van der Waals surface area (Å²) in [5.74, 6) is 3.62. The van der Waals surface area contributed by atoms with Crippen molar-refractivity contribution in [2.45, 2.75) is 87.0 Å². The normalized spacial score (nSPS) is 14.3. The molecule has 0 bridgehead atoms. The second kappa shape index (κ2) is 19.6. The summed E-state index contributed by atoms with van der Waals surface area (Å²) in [5.41, 5.74) is 1.11. The van der Waals surface area contributed by atoms with Gasteiger partial charge in [0.1, 0.15) is 0 Å². The van der Waals surface area contributed by atoms with E-state index in [1.165, 1.54) is 32.1 Å². The molecular formula is C23H43Y-. The van der Waals surface area contributed by atoms with Gasteiger partial charge in [0.25, 0.3) is 0 Å². The van der Waals surface area contributed by atoms with Crippen molar-refractivity contribution in [1.29, 1.82) is 0 Å². The molecule has 0 fully saturated rings. The number of hydrogen-bond donors (Lipinski definition) is 0. The minimum Gasteiger partial charge on any atom is -0.258 e. The van der Waals surface area contributed by atoms with E-state index in [1.807, 2.05) is 6.08 Å². The van der Waals surface area contributed by atoms with Crippen LogP contribution in [0.2, 0.25) is 0 Å². The summed E-state index contributed by atoms with van der Waals surface area (Å²) < 4.78 is 0. The Balaban J connectivity index is -0.000000419. The first-order chi connectivity index (χ1) is 10.8. The third-order valence-electron chi connectivity index (χ3n) is 4.87. The zero-order valence-corrected chi connectivity index (χ0v) is 20.5. The van der Waals surface area contributed by atoms with Gasteiger partial charge in [0.05, 0.1) is 0 Å². The van der Waals surface area contributed by atoms with Gasteiger partial charge in [-0.05, 0) is 30.1 Å². The van der Waals surface area contributed by atoms with Crippen LogP contribution in [0.15, 0.2) is 30.9 Å². The monoisotopic (exact) mass is 408 g/mol. The van der Waals surface area contributed by atoms with Crippen LogP contribution in [0.4, 0.5) is 0 Å². The molecule has 0 spiro atoms. The maximum atomic E-state index is 3.76. The molecule has 0 aromatic carbocycles. The van der Waals surface area contributed by atoms with Crippen LogP contribution in [0, 0.1) is 29.7 Å². The van der Waals surface area contributed by atoms with Gasteiger partial charge in [0, 0.05) is 32.7 Å². The van der Waals surface area contributed by atoms with Crippen LogP contribution in [0.25, 0.3) is 0 Å². The Bertz CT molecular complexity index is 314. The number of hydrogen-bond acceptors (Lipinski definition) is 0. The number of rotatable bonds is 11. The topological polar surface area (TPSA) is 0 Å². The smallest absolute Gasteiger partial charge is 0 e. The van der Waals surface area contributed by atoms with Gasteiger partial charge in [-0.1, -0.05) is 80.6 Å². The minimum atomic E-state index is 0. The third-order valence-corrected chi connectivity index (χ3v) is 4.87. The average molecular weight is 409 g/mol. The van der Waals surface area contributed by atoms with Crippen LogP contribution in [0.3, 0.4) is 0 Å². The maximum absolute atomic E-state index is 3.76. The molecule has 0 aliphatic rings. The van der Waals surface area contributed by atoms with E-state index >= 15 is 0 Å². The molecule has 0 saturated carbocycles. The van der Waals surface area contributed by atoms with Gasteiger partial charge in [-0.25, -0.2) is 12.2 Å². The van der Waals surface area contributed by atoms with Gasteiger partial charge >= 0.3 is 0 Å². The standard InChI is InChI=1S/C15H32.C8H11.Y/c1-7-13(4)9-11-15(6)14(5)10-8-12(2)3;1-4-6-7-8(3)5-2;/h12-15H,7-11H2,1-6H3;6-7H,1,3,5H2,2H3;/q;-1;/b;7-6-;. The summed E-state index contributed by atoms with van der Waals surface area (Å²) in [6, 6.07) is 0. The fourth-order valence-electron chi connectivity index (χ4n) is 2.21. The molecule has 0 N–H and O–H groups in total. The Kier molecular flexibility index (Phi) is 23.8. The quantitative estimate of drug-likeness (QED) is 0.240. The van der Waals surface area contributed by atoms with E-state index in [1.54, 1.807) is 6.08 Å². The van der Waals surface area contributed by atoms with Gasteiger partial charge in [0.15, 0.2) is 0 Å². The zero-order chi connectivity index (χ0) is 18.3. The predicted octanol–water partition coefficient (Wildman–Crippen LogP) is 8.02. The van der Waals surface area contributed by atoms with Gasteiger partial charge in [-0.3, -0.25) is 6.08 Å². The van der Waals surface area contributed by atoms with E-state index in [0.29, 0.717) is 0 Å². The van der Waals surface area contributed by atoms with E-state index in [4.69, 9.17) is 0 Å². The first kappa shape index (κ1) is 29.1. The molecule has 0 aromatic heterocycles. The van der Waals surface area contributed by atoms with Crippen molar-refractivity contribution >= 4 is 0 Å². The van der Waals surface area contributed by atoms with Crippen LogP contribution in [-0.4, -0.2) is 0 Å². The van der Waals surface area contributed by atoms with Crippen molar-refractivity contribution < 1.29 is 32.7 Å². The number of allylic oxidation sites excluding steroid dienone is 4. The van der Waals surface area contributed by atoms with Gasteiger partial charge in [-0.2, -0.15) is 6.58 Å². The van der Waals surface area contributed by atoms with Gasteiger partial charge in [-0.15, -0.1) is 12.2 Å². The Morgan fingerprint density at radius 2 is 1.42 bits per heavy atom. The molecule has 0 aromatic rings. The molecule has 1 radical (unpaired) electrons. The van der Waals surface area contributed by atoms with Crippen molar-refractivity contribution in [1.82, 2.24) is 0 Å². The van der Waals surface area contributed by atoms with Crippen LogP contribution < -0.4 is 0 Å². The molecular weight excluding hydrogens is 365 g/mol. The van der Waals surface area contributed by atoms with E-state index in [-0.39, 0.29) is 32.7 Å². The zero-order valence-electron chi connectivity index (χ0n) is 17.7. The predicted molar refractivity (Wildman–Crippen MR) is 109 cm³/mol. The van der Waals surface area contributed by atoms with Crippen molar-refractivity contribution in [3.05, 3.63) is 37.0 Å². The first-order valence-corrected chi connectivity index (χ1v) is 9.65. The average Bonchev–Trinajstić information content (AvgIpc) is 2.55. The van der Waals surface area contributed by atoms with E-state index in [9.17, 15) is 0 Å².